The van der Waals surface area contributed by atoms with E-state index >= 15 is 0 Å². The highest BCUT2D eigenvalue weighted by Crippen LogP contribution is 2.50. The van der Waals surface area contributed by atoms with Crippen molar-refractivity contribution >= 4 is 17.2 Å². The number of hydrogen-bond donors (Lipinski definition) is 2. The second-order valence-electron chi connectivity index (χ2n) is 7.26. The van der Waals surface area contributed by atoms with Gasteiger partial charge >= 0.3 is 0 Å². The van der Waals surface area contributed by atoms with Crippen molar-refractivity contribution in [1.29, 1.82) is 0 Å². The molecule has 2 aromatic rings. The number of hydrogen-bond acceptors (Lipinski definition) is 6. The number of fused-ring (bicyclic) bond motifs is 1. The lowest BCUT2D eigenvalue weighted by Crippen LogP contribution is -2.29. The summed E-state index contributed by atoms with van der Waals surface area (Å²) in [6, 6.07) is 3.64. The van der Waals surface area contributed by atoms with Crippen molar-refractivity contribution in [3.8, 4) is 11.5 Å². The molecule has 4 rings (SSSR count). The van der Waals surface area contributed by atoms with Crippen LogP contribution in [0.1, 0.15) is 41.5 Å². The molecule has 1 aromatic carbocycles. The highest BCUT2D eigenvalue weighted by molar-refractivity contribution is 6.26. The van der Waals surface area contributed by atoms with Gasteiger partial charge in [-0.1, -0.05) is 5.16 Å². The first-order chi connectivity index (χ1) is 12.9. The number of benzene rings is 1. The highest BCUT2D eigenvalue weighted by Gasteiger charge is 2.39. The van der Waals surface area contributed by atoms with Crippen molar-refractivity contribution in [2.75, 3.05) is 19.5 Å². The van der Waals surface area contributed by atoms with Crippen molar-refractivity contribution in [1.82, 2.24) is 10.1 Å². The van der Waals surface area contributed by atoms with E-state index in [9.17, 15) is 9.90 Å². The summed E-state index contributed by atoms with van der Waals surface area (Å²) in [7, 11) is 3.51. The first kappa shape index (κ1) is 17.5. The maximum absolute atomic E-state index is 13.0. The number of carbonyl (C=O) groups is 1. The molecule has 1 amide bonds. The molecule has 7 heteroatoms. The Bertz CT molecular complexity index is 923. The smallest absolute Gasteiger partial charge is 0.257 e. The molecule has 1 aromatic heterocycles. The van der Waals surface area contributed by atoms with Crippen LogP contribution in [0.4, 0.5) is 5.69 Å². The summed E-state index contributed by atoms with van der Waals surface area (Å²) in [5.41, 5.74) is 3.42. The molecule has 2 N–H and O–H groups in total. The van der Waals surface area contributed by atoms with Gasteiger partial charge in [-0.2, -0.15) is 0 Å². The van der Waals surface area contributed by atoms with Gasteiger partial charge in [0.05, 0.1) is 18.7 Å². The summed E-state index contributed by atoms with van der Waals surface area (Å²) in [4.78, 5) is 15.1. The van der Waals surface area contributed by atoms with Crippen molar-refractivity contribution in [2.45, 2.75) is 32.7 Å². The third-order valence-corrected chi connectivity index (χ3v) is 5.32. The van der Waals surface area contributed by atoms with Crippen LogP contribution in [-0.4, -0.2) is 35.2 Å². The Morgan fingerprint density at radius 3 is 2.70 bits per heavy atom. The summed E-state index contributed by atoms with van der Waals surface area (Å²) in [5.74, 6) is 1.27. The van der Waals surface area contributed by atoms with Gasteiger partial charge in [-0.25, -0.2) is 0 Å². The van der Waals surface area contributed by atoms with Crippen LogP contribution in [0.15, 0.2) is 22.9 Å². The number of aryl methyl sites for hydroxylation is 2. The Morgan fingerprint density at radius 1 is 1.37 bits per heavy atom. The van der Waals surface area contributed by atoms with E-state index in [-0.39, 0.29) is 17.7 Å². The normalized spacial score (nSPS) is 18.7. The molecule has 7 nitrogen and oxygen atoms in total. The minimum atomic E-state index is -0.267. The van der Waals surface area contributed by atoms with E-state index in [1.54, 1.807) is 19.9 Å². The molecule has 1 fully saturated rings. The number of nitrogens with zero attached hydrogens (tertiary/aromatic N) is 2. The van der Waals surface area contributed by atoms with Crippen LogP contribution in [0.25, 0.3) is 5.57 Å². The summed E-state index contributed by atoms with van der Waals surface area (Å²) >= 11 is 0. The average Bonchev–Trinajstić information content (AvgIpc) is 3.42. The Balaban J connectivity index is 1.76. The fourth-order valence-corrected chi connectivity index (χ4v) is 3.82. The molecular formula is C20H23N3O4. The zero-order chi connectivity index (χ0) is 19.3. The molecule has 0 radical (unpaired) electrons. The fraction of sp³-hybridized carbons (Fsp3) is 0.400. The lowest BCUT2D eigenvalue weighted by molar-refractivity contribution is -0.111. The number of phenols is 1. The van der Waals surface area contributed by atoms with E-state index in [0.717, 1.165) is 24.0 Å². The molecule has 1 unspecified atom stereocenters. The topological polar surface area (TPSA) is 87.8 Å². The van der Waals surface area contributed by atoms with Gasteiger partial charge < -0.3 is 24.6 Å². The molecule has 27 heavy (non-hydrogen) atoms. The zero-order valence-electron chi connectivity index (χ0n) is 15.9. The molecular weight excluding hydrogens is 346 g/mol. The van der Waals surface area contributed by atoms with Crippen LogP contribution in [0.2, 0.25) is 0 Å². The highest BCUT2D eigenvalue weighted by atomic mass is 16.5. The number of anilines is 1. The van der Waals surface area contributed by atoms with Gasteiger partial charge in [0.1, 0.15) is 11.4 Å². The standard InChI is InChI=1S/C20H23N3O4/c1-10-18(11(2)27-22-10)21-20(25)15-9-23(3)19(12-5-6-12)14-8-17(26-4)16(24)7-13(14)15/h7-9,12,19,24H,5-6H2,1-4H3,(H,21,25). The molecule has 1 saturated carbocycles. The van der Waals surface area contributed by atoms with Crippen molar-refractivity contribution in [3.05, 3.63) is 40.9 Å². The SMILES string of the molecule is COc1cc2c(cc1O)C(C(=O)Nc1c(C)noc1C)=CN(C)C2C1CC1. The van der Waals surface area contributed by atoms with E-state index in [1.807, 2.05) is 19.3 Å². The van der Waals surface area contributed by atoms with Crippen molar-refractivity contribution in [3.63, 3.8) is 0 Å². The largest absolute Gasteiger partial charge is 0.504 e. The summed E-state index contributed by atoms with van der Waals surface area (Å²) in [6.07, 6.45) is 4.17. The second kappa shape index (κ2) is 6.33. The van der Waals surface area contributed by atoms with Gasteiger partial charge in [0, 0.05) is 13.2 Å². The maximum Gasteiger partial charge on any atom is 0.257 e. The van der Waals surface area contributed by atoms with E-state index < -0.39 is 0 Å². The Hall–Kier alpha value is -2.96. The quantitative estimate of drug-likeness (QED) is 0.859. The van der Waals surface area contributed by atoms with Gasteiger partial charge in [-0.3, -0.25) is 4.79 Å². The number of aromatic nitrogens is 1. The number of carbonyl (C=O) groups excluding carboxylic acids is 1. The van der Waals surface area contributed by atoms with E-state index in [0.29, 0.717) is 34.4 Å². The van der Waals surface area contributed by atoms with Crippen LogP contribution in [0.3, 0.4) is 0 Å². The fourth-order valence-electron chi connectivity index (χ4n) is 3.82. The Kier molecular flexibility index (Phi) is 4.09. The van der Waals surface area contributed by atoms with Crippen molar-refractivity contribution < 1.29 is 19.2 Å². The lowest BCUT2D eigenvalue weighted by atomic mass is 9.88. The third-order valence-electron chi connectivity index (χ3n) is 5.32. The van der Waals surface area contributed by atoms with Crippen LogP contribution in [0, 0.1) is 19.8 Å². The van der Waals surface area contributed by atoms with Crippen LogP contribution in [-0.2, 0) is 4.79 Å². The molecule has 1 atom stereocenters. The van der Waals surface area contributed by atoms with Crippen LogP contribution < -0.4 is 10.1 Å². The number of ether oxygens (including phenoxy) is 1. The first-order valence-corrected chi connectivity index (χ1v) is 9.00. The molecule has 1 aliphatic carbocycles. The molecule has 1 aliphatic heterocycles. The predicted octanol–water partition coefficient (Wildman–Crippen LogP) is 3.38. The van der Waals surface area contributed by atoms with Crippen LogP contribution in [0.5, 0.6) is 11.5 Å². The minimum absolute atomic E-state index is 0.0198. The number of amides is 1. The van der Waals surface area contributed by atoms with Crippen LogP contribution >= 0.6 is 0 Å². The number of methoxy groups -OCH3 is 1. The number of nitrogens with one attached hydrogen (secondary N) is 1. The Morgan fingerprint density at radius 2 is 2.11 bits per heavy atom. The second-order valence-corrected chi connectivity index (χ2v) is 7.26. The van der Waals surface area contributed by atoms with Gasteiger partial charge in [0.2, 0.25) is 0 Å². The summed E-state index contributed by atoms with van der Waals surface area (Å²) < 4.78 is 10.4. The minimum Gasteiger partial charge on any atom is -0.504 e. The third kappa shape index (κ3) is 2.93. The zero-order valence-corrected chi connectivity index (χ0v) is 15.9. The van der Waals surface area contributed by atoms with Crippen molar-refractivity contribution in [2.24, 2.45) is 5.92 Å². The summed E-state index contributed by atoms with van der Waals surface area (Å²) in [6.45, 7) is 3.53. The lowest BCUT2D eigenvalue weighted by Gasteiger charge is -2.34. The number of aromatic hydroxyl groups is 1. The average molecular weight is 369 g/mol. The van der Waals surface area contributed by atoms with E-state index in [2.05, 4.69) is 15.4 Å². The number of rotatable bonds is 4. The molecule has 0 saturated heterocycles. The molecule has 2 aliphatic rings. The predicted molar refractivity (Wildman–Crippen MR) is 100 cm³/mol. The van der Waals surface area contributed by atoms with Gasteiger partial charge in [-0.15, -0.1) is 0 Å². The van der Waals surface area contributed by atoms with Gasteiger partial charge in [0.25, 0.3) is 5.91 Å². The molecule has 0 spiro atoms. The summed E-state index contributed by atoms with van der Waals surface area (Å²) in [5, 5.41) is 17.1. The Labute approximate surface area is 157 Å². The maximum atomic E-state index is 13.0. The molecule has 2 heterocycles. The molecule has 0 bridgehead atoms. The molecule has 142 valence electrons. The monoisotopic (exact) mass is 369 g/mol. The van der Waals surface area contributed by atoms with E-state index in [1.165, 1.54) is 7.11 Å². The number of phenolic OH excluding ortho intramolecular Hbond substituents is 1. The van der Waals surface area contributed by atoms with E-state index in [4.69, 9.17) is 9.26 Å². The first-order valence-electron chi connectivity index (χ1n) is 9.00. The van der Waals surface area contributed by atoms with Gasteiger partial charge in [-0.05, 0) is 55.9 Å². The van der Waals surface area contributed by atoms with Gasteiger partial charge in [0.15, 0.2) is 17.3 Å².